The molecule has 1 fully saturated rings. The molecule has 0 bridgehead atoms. The molecule has 1 rings (SSSR count). The third-order valence-electron chi connectivity index (χ3n) is 3.10. The van der Waals surface area contributed by atoms with Gasteiger partial charge in [-0.1, -0.05) is 39.0 Å². The Hall–Kier alpha value is -1.04. The highest BCUT2D eigenvalue weighted by Gasteiger charge is 2.33. The molecular weight excluding hydrogens is 202 g/mol. The summed E-state index contributed by atoms with van der Waals surface area (Å²) in [6.07, 6.45) is 9.02. The van der Waals surface area contributed by atoms with Crippen LogP contribution in [0.25, 0.3) is 0 Å². The highest BCUT2D eigenvalue weighted by molar-refractivity contribution is 5.77. The lowest BCUT2D eigenvalue weighted by Gasteiger charge is -2.07. The standard InChI is InChI=1S/C13H21NO2/c1-2-3-4-5-6-7-8-12-9-11(10-14)13(15)16-12/h11-12H,2-9H2,1H3. The van der Waals surface area contributed by atoms with Crippen molar-refractivity contribution in [1.29, 1.82) is 5.26 Å². The van der Waals surface area contributed by atoms with Crippen LogP contribution in [0.4, 0.5) is 0 Å². The van der Waals surface area contributed by atoms with Crippen molar-refractivity contribution in [2.45, 2.75) is 64.4 Å². The molecule has 0 spiro atoms. The molecule has 0 aromatic heterocycles. The van der Waals surface area contributed by atoms with Gasteiger partial charge in [0.2, 0.25) is 0 Å². The zero-order chi connectivity index (χ0) is 11.8. The fourth-order valence-corrected chi connectivity index (χ4v) is 2.09. The van der Waals surface area contributed by atoms with Gasteiger partial charge in [-0.15, -0.1) is 0 Å². The van der Waals surface area contributed by atoms with Crippen molar-refractivity contribution < 1.29 is 9.53 Å². The van der Waals surface area contributed by atoms with Gasteiger partial charge in [0.25, 0.3) is 0 Å². The molecule has 0 radical (unpaired) electrons. The summed E-state index contributed by atoms with van der Waals surface area (Å²) in [7, 11) is 0. The number of hydrogen-bond acceptors (Lipinski definition) is 3. The first-order chi connectivity index (χ1) is 7.77. The largest absolute Gasteiger partial charge is 0.461 e. The van der Waals surface area contributed by atoms with Crippen molar-refractivity contribution >= 4 is 5.97 Å². The molecule has 0 saturated carbocycles. The quantitative estimate of drug-likeness (QED) is 0.492. The van der Waals surface area contributed by atoms with Crippen LogP contribution in [0.1, 0.15) is 58.3 Å². The molecule has 1 aliphatic rings. The van der Waals surface area contributed by atoms with E-state index in [0.29, 0.717) is 6.42 Å². The average molecular weight is 223 g/mol. The number of carbonyl (C=O) groups excluding carboxylic acids is 1. The number of carbonyl (C=O) groups is 1. The van der Waals surface area contributed by atoms with Crippen LogP contribution in [-0.4, -0.2) is 12.1 Å². The van der Waals surface area contributed by atoms with Gasteiger partial charge in [-0.25, -0.2) is 0 Å². The molecule has 2 unspecified atom stereocenters. The van der Waals surface area contributed by atoms with Crippen LogP contribution < -0.4 is 0 Å². The molecule has 0 aromatic carbocycles. The summed E-state index contributed by atoms with van der Waals surface area (Å²) < 4.78 is 5.13. The van der Waals surface area contributed by atoms with Crippen LogP contribution in [-0.2, 0) is 9.53 Å². The Labute approximate surface area is 97.8 Å². The van der Waals surface area contributed by atoms with Crippen molar-refractivity contribution in [2.24, 2.45) is 5.92 Å². The van der Waals surface area contributed by atoms with E-state index in [-0.39, 0.29) is 12.1 Å². The second-order valence-corrected chi connectivity index (χ2v) is 4.53. The van der Waals surface area contributed by atoms with Gasteiger partial charge < -0.3 is 4.74 Å². The molecule has 1 heterocycles. The fourth-order valence-electron chi connectivity index (χ4n) is 2.09. The predicted octanol–water partition coefficient (Wildman–Crippen LogP) is 3.19. The van der Waals surface area contributed by atoms with E-state index < -0.39 is 5.92 Å². The van der Waals surface area contributed by atoms with E-state index in [0.717, 1.165) is 12.8 Å². The number of rotatable bonds is 7. The average Bonchev–Trinajstić information content (AvgIpc) is 2.64. The SMILES string of the molecule is CCCCCCCCC1CC(C#N)C(=O)O1. The van der Waals surface area contributed by atoms with Gasteiger partial charge in [-0.05, 0) is 12.8 Å². The second-order valence-electron chi connectivity index (χ2n) is 4.53. The molecule has 0 aromatic rings. The van der Waals surface area contributed by atoms with E-state index in [1.165, 1.54) is 32.1 Å². The van der Waals surface area contributed by atoms with E-state index in [9.17, 15) is 4.79 Å². The van der Waals surface area contributed by atoms with Crippen LogP contribution in [0.15, 0.2) is 0 Å². The summed E-state index contributed by atoms with van der Waals surface area (Å²) in [5, 5.41) is 8.67. The van der Waals surface area contributed by atoms with Gasteiger partial charge in [-0.2, -0.15) is 5.26 Å². The summed E-state index contributed by atoms with van der Waals surface area (Å²) in [5.74, 6) is -0.830. The smallest absolute Gasteiger partial charge is 0.323 e. The normalized spacial score (nSPS) is 24.1. The van der Waals surface area contributed by atoms with Gasteiger partial charge in [0, 0.05) is 6.42 Å². The van der Waals surface area contributed by atoms with Gasteiger partial charge in [0.05, 0.1) is 6.07 Å². The Kier molecular flexibility index (Phi) is 5.92. The molecule has 2 atom stereocenters. The van der Waals surface area contributed by atoms with Crippen LogP contribution in [0.2, 0.25) is 0 Å². The van der Waals surface area contributed by atoms with Crippen LogP contribution in [0, 0.1) is 17.2 Å². The van der Waals surface area contributed by atoms with Crippen molar-refractivity contribution in [3.8, 4) is 6.07 Å². The minimum atomic E-state index is -0.509. The molecule has 0 amide bonds. The van der Waals surface area contributed by atoms with Crippen molar-refractivity contribution in [1.82, 2.24) is 0 Å². The monoisotopic (exact) mass is 223 g/mol. The summed E-state index contributed by atoms with van der Waals surface area (Å²) >= 11 is 0. The van der Waals surface area contributed by atoms with E-state index in [2.05, 4.69) is 6.92 Å². The van der Waals surface area contributed by atoms with Crippen molar-refractivity contribution in [3.63, 3.8) is 0 Å². The van der Waals surface area contributed by atoms with E-state index in [1.807, 2.05) is 6.07 Å². The van der Waals surface area contributed by atoms with Crippen LogP contribution in [0.5, 0.6) is 0 Å². The van der Waals surface area contributed by atoms with Gasteiger partial charge in [0.1, 0.15) is 12.0 Å². The lowest BCUT2D eigenvalue weighted by atomic mass is 10.0. The Morgan fingerprint density at radius 2 is 2.00 bits per heavy atom. The maximum atomic E-state index is 11.1. The maximum absolute atomic E-state index is 11.1. The molecule has 3 heteroatoms. The van der Waals surface area contributed by atoms with Gasteiger partial charge in [-0.3, -0.25) is 4.79 Å². The highest BCUT2D eigenvalue weighted by Crippen LogP contribution is 2.24. The van der Waals surface area contributed by atoms with E-state index >= 15 is 0 Å². The Morgan fingerprint density at radius 1 is 1.31 bits per heavy atom. The Balaban J connectivity index is 2.03. The van der Waals surface area contributed by atoms with E-state index in [1.54, 1.807) is 0 Å². The number of nitrogens with zero attached hydrogens (tertiary/aromatic N) is 1. The highest BCUT2D eigenvalue weighted by atomic mass is 16.5. The predicted molar refractivity (Wildman–Crippen MR) is 61.6 cm³/mol. The summed E-state index contributed by atoms with van der Waals surface area (Å²) in [4.78, 5) is 11.1. The molecule has 90 valence electrons. The Bertz CT molecular complexity index is 257. The van der Waals surface area contributed by atoms with Gasteiger partial charge >= 0.3 is 5.97 Å². The molecule has 1 aliphatic heterocycles. The van der Waals surface area contributed by atoms with Crippen molar-refractivity contribution in [2.75, 3.05) is 0 Å². The molecule has 1 saturated heterocycles. The number of hydrogen-bond donors (Lipinski definition) is 0. The van der Waals surface area contributed by atoms with Crippen LogP contribution >= 0.6 is 0 Å². The third kappa shape index (κ3) is 4.22. The summed E-state index contributed by atoms with van der Waals surface area (Å²) in [5.41, 5.74) is 0. The minimum absolute atomic E-state index is 0.00308. The van der Waals surface area contributed by atoms with Crippen LogP contribution in [0.3, 0.4) is 0 Å². The zero-order valence-corrected chi connectivity index (χ0v) is 10.1. The number of esters is 1. The first-order valence-electron chi connectivity index (χ1n) is 6.38. The fraction of sp³-hybridized carbons (Fsp3) is 0.846. The van der Waals surface area contributed by atoms with Gasteiger partial charge in [0.15, 0.2) is 0 Å². The molecule has 0 N–H and O–H groups in total. The lowest BCUT2D eigenvalue weighted by Crippen LogP contribution is -2.06. The lowest BCUT2D eigenvalue weighted by molar-refractivity contribution is -0.143. The first-order valence-corrected chi connectivity index (χ1v) is 6.38. The minimum Gasteiger partial charge on any atom is -0.461 e. The number of cyclic esters (lactones) is 1. The zero-order valence-electron chi connectivity index (χ0n) is 10.1. The summed E-state index contributed by atoms with van der Waals surface area (Å²) in [6.45, 7) is 2.21. The topological polar surface area (TPSA) is 50.1 Å². The maximum Gasteiger partial charge on any atom is 0.323 e. The number of unbranched alkanes of at least 4 members (excludes halogenated alkanes) is 5. The molecule has 16 heavy (non-hydrogen) atoms. The number of nitriles is 1. The van der Waals surface area contributed by atoms with E-state index in [4.69, 9.17) is 10.00 Å². The second kappa shape index (κ2) is 7.27. The summed E-state index contributed by atoms with van der Waals surface area (Å²) in [6, 6.07) is 1.99. The third-order valence-corrected chi connectivity index (χ3v) is 3.10. The molecule has 3 nitrogen and oxygen atoms in total. The van der Waals surface area contributed by atoms with Crippen molar-refractivity contribution in [3.05, 3.63) is 0 Å². The molecule has 0 aliphatic carbocycles. The Morgan fingerprint density at radius 3 is 2.62 bits per heavy atom. The first kappa shape index (κ1) is 13.0. The number of ether oxygens (including phenoxy) is 1. The molecular formula is C13H21NO2.